The maximum Gasteiger partial charge on any atom is 0.212 e. The van der Waals surface area contributed by atoms with Crippen molar-refractivity contribution in [1.82, 2.24) is 14.9 Å². The van der Waals surface area contributed by atoms with Gasteiger partial charge in [-0.15, -0.1) is 10.2 Å². The molecule has 7 heteroatoms. The SMILES string of the molecule is COc1ccc(/C=N\n2c(C)nnc2SCc2ccccc2)cc1O. The Hall–Kier alpha value is -2.80. The molecule has 1 N–H and O–H groups in total. The van der Waals surface area contributed by atoms with E-state index in [1.54, 1.807) is 34.8 Å². The Morgan fingerprint density at radius 1 is 1.20 bits per heavy atom. The number of ether oxygens (including phenoxy) is 1. The molecule has 1 aromatic heterocycles. The summed E-state index contributed by atoms with van der Waals surface area (Å²) >= 11 is 1.57. The third kappa shape index (κ3) is 4.19. The molecule has 0 aliphatic carbocycles. The minimum atomic E-state index is 0.0746. The van der Waals surface area contributed by atoms with Crippen molar-refractivity contribution in [2.75, 3.05) is 7.11 Å². The number of aromatic nitrogens is 3. The van der Waals surface area contributed by atoms with Gasteiger partial charge < -0.3 is 9.84 Å². The number of nitrogens with zero attached hydrogens (tertiary/aromatic N) is 4. The van der Waals surface area contributed by atoms with E-state index in [0.717, 1.165) is 16.5 Å². The molecule has 2 aromatic carbocycles. The fourth-order valence-electron chi connectivity index (χ4n) is 2.20. The van der Waals surface area contributed by atoms with Crippen LogP contribution in [0.1, 0.15) is 17.0 Å². The molecule has 0 atom stereocenters. The minimum absolute atomic E-state index is 0.0746. The summed E-state index contributed by atoms with van der Waals surface area (Å²) in [4.78, 5) is 0. The first-order valence-corrected chi connectivity index (χ1v) is 8.66. The molecule has 0 bridgehead atoms. The van der Waals surface area contributed by atoms with Crippen LogP contribution in [0.4, 0.5) is 0 Å². The summed E-state index contributed by atoms with van der Waals surface area (Å²) in [7, 11) is 1.51. The predicted molar refractivity (Wildman–Crippen MR) is 98.4 cm³/mol. The molecule has 0 amide bonds. The number of thioether (sulfide) groups is 1. The quantitative estimate of drug-likeness (QED) is 0.542. The maximum absolute atomic E-state index is 9.85. The summed E-state index contributed by atoms with van der Waals surface area (Å²) in [5.74, 6) is 1.99. The average molecular weight is 354 g/mol. The van der Waals surface area contributed by atoms with Gasteiger partial charge in [0.05, 0.1) is 13.3 Å². The number of hydrogen-bond donors (Lipinski definition) is 1. The van der Waals surface area contributed by atoms with Crippen LogP contribution in [0, 0.1) is 6.92 Å². The number of rotatable bonds is 6. The third-order valence-corrected chi connectivity index (χ3v) is 4.49. The number of methoxy groups -OCH3 is 1. The second-order valence-corrected chi connectivity index (χ2v) is 6.23. The van der Waals surface area contributed by atoms with E-state index in [9.17, 15) is 5.11 Å². The van der Waals surface area contributed by atoms with Crippen molar-refractivity contribution >= 4 is 18.0 Å². The normalized spacial score (nSPS) is 11.1. The van der Waals surface area contributed by atoms with Crippen molar-refractivity contribution in [2.24, 2.45) is 5.10 Å². The molecule has 6 nitrogen and oxygen atoms in total. The molecule has 128 valence electrons. The monoisotopic (exact) mass is 354 g/mol. The first kappa shape index (κ1) is 17.0. The topological polar surface area (TPSA) is 72.5 Å². The lowest BCUT2D eigenvalue weighted by Gasteiger charge is -2.04. The van der Waals surface area contributed by atoms with E-state index >= 15 is 0 Å². The zero-order valence-electron chi connectivity index (χ0n) is 14.0. The van der Waals surface area contributed by atoms with E-state index < -0.39 is 0 Å². The van der Waals surface area contributed by atoms with Gasteiger partial charge in [-0.2, -0.15) is 9.78 Å². The lowest BCUT2D eigenvalue weighted by molar-refractivity contribution is 0.373. The van der Waals surface area contributed by atoms with Gasteiger partial charge in [-0.25, -0.2) is 0 Å². The molecular weight excluding hydrogens is 336 g/mol. The van der Waals surface area contributed by atoms with Gasteiger partial charge in [0.1, 0.15) is 0 Å². The average Bonchev–Trinajstić information content (AvgIpc) is 2.99. The Morgan fingerprint density at radius 2 is 2.00 bits per heavy atom. The second-order valence-electron chi connectivity index (χ2n) is 5.29. The van der Waals surface area contributed by atoms with Gasteiger partial charge in [0.15, 0.2) is 17.3 Å². The van der Waals surface area contributed by atoms with E-state index in [2.05, 4.69) is 27.4 Å². The fraction of sp³-hybridized carbons (Fsp3) is 0.167. The van der Waals surface area contributed by atoms with Crippen LogP contribution in [-0.2, 0) is 5.75 Å². The predicted octanol–water partition coefficient (Wildman–Crippen LogP) is 3.48. The van der Waals surface area contributed by atoms with Crippen LogP contribution < -0.4 is 4.74 Å². The van der Waals surface area contributed by atoms with E-state index in [0.29, 0.717) is 11.6 Å². The lowest BCUT2D eigenvalue weighted by atomic mass is 10.2. The minimum Gasteiger partial charge on any atom is -0.504 e. The number of aromatic hydroxyl groups is 1. The van der Waals surface area contributed by atoms with Crippen molar-refractivity contribution < 1.29 is 9.84 Å². The number of phenolic OH excluding ortho intramolecular Hbond substituents is 1. The van der Waals surface area contributed by atoms with Crippen molar-refractivity contribution in [3.8, 4) is 11.5 Å². The zero-order valence-corrected chi connectivity index (χ0v) is 14.8. The van der Waals surface area contributed by atoms with Gasteiger partial charge in [-0.05, 0) is 36.2 Å². The van der Waals surface area contributed by atoms with Gasteiger partial charge in [-0.3, -0.25) is 0 Å². The van der Waals surface area contributed by atoms with Crippen LogP contribution >= 0.6 is 11.8 Å². The van der Waals surface area contributed by atoms with Crippen LogP contribution in [0.2, 0.25) is 0 Å². The highest BCUT2D eigenvalue weighted by atomic mass is 32.2. The molecule has 0 spiro atoms. The summed E-state index contributed by atoms with van der Waals surface area (Å²) in [5, 5.41) is 23.3. The maximum atomic E-state index is 9.85. The molecule has 1 heterocycles. The van der Waals surface area contributed by atoms with Gasteiger partial charge in [0, 0.05) is 5.75 Å². The van der Waals surface area contributed by atoms with Gasteiger partial charge >= 0.3 is 0 Å². The number of phenols is 1. The highest BCUT2D eigenvalue weighted by Gasteiger charge is 2.09. The molecular formula is C18H18N4O2S. The Kier molecular flexibility index (Phi) is 5.35. The van der Waals surface area contributed by atoms with Gasteiger partial charge in [0.2, 0.25) is 5.16 Å². The smallest absolute Gasteiger partial charge is 0.212 e. The Balaban J connectivity index is 1.76. The van der Waals surface area contributed by atoms with Crippen molar-refractivity contribution in [3.05, 3.63) is 65.5 Å². The number of aryl methyl sites for hydroxylation is 1. The molecule has 0 fully saturated rings. The van der Waals surface area contributed by atoms with E-state index in [1.165, 1.54) is 12.7 Å². The second kappa shape index (κ2) is 7.85. The molecule has 3 rings (SSSR count). The van der Waals surface area contributed by atoms with Gasteiger partial charge in [0.25, 0.3) is 0 Å². The Morgan fingerprint density at radius 3 is 2.72 bits per heavy atom. The summed E-state index contributed by atoms with van der Waals surface area (Å²) < 4.78 is 6.73. The molecule has 0 aliphatic rings. The van der Waals surface area contributed by atoms with Crippen molar-refractivity contribution in [1.29, 1.82) is 0 Å². The lowest BCUT2D eigenvalue weighted by Crippen LogP contribution is -1.96. The Labute approximate surface area is 150 Å². The molecule has 0 unspecified atom stereocenters. The zero-order chi connectivity index (χ0) is 17.6. The molecule has 3 aromatic rings. The van der Waals surface area contributed by atoms with Crippen molar-refractivity contribution in [2.45, 2.75) is 17.8 Å². The molecule has 0 saturated carbocycles. The van der Waals surface area contributed by atoms with E-state index in [4.69, 9.17) is 4.74 Å². The highest BCUT2D eigenvalue weighted by Crippen LogP contribution is 2.26. The Bertz CT molecular complexity index is 878. The largest absolute Gasteiger partial charge is 0.504 e. The summed E-state index contributed by atoms with van der Waals surface area (Å²) in [5.41, 5.74) is 1.97. The van der Waals surface area contributed by atoms with Gasteiger partial charge in [-0.1, -0.05) is 42.1 Å². The fourth-order valence-corrected chi connectivity index (χ4v) is 3.08. The van der Waals surface area contributed by atoms with Crippen LogP contribution in [0.15, 0.2) is 58.8 Å². The number of hydrogen-bond acceptors (Lipinski definition) is 6. The molecule has 0 saturated heterocycles. The van der Waals surface area contributed by atoms with Crippen LogP contribution in [0.5, 0.6) is 11.5 Å². The first-order valence-electron chi connectivity index (χ1n) is 7.67. The highest BCUT2D eigenvalue weighted by molar-refractivity contribution is 7.98. The molecule has 0 aliphatic heterocycles. The van der Waals surface area contributed by atoms with E-state index in [1.807, 2.05) is 31.2 Å². The van der Waals surface area contributed by atoms with Crippen LogP contribution in [0.25, 0.3) is 0 Å². The summed E-state index contributed by atoms with van der Waals surface area (Å²) in [6, 6.07) is 15.3. The molecule has 0 radical (unpaired) electrons. The first-order chi connectivity index (χ1) is 12.2. The van der Waals surface area contributed by atoms with E-state index in [-0.39, 0.29) is 5.75 Å². The standard InChI is InChI=1S/C18H18N4O2S/c1-13-20-21-18(25-12-14-6-4-3-5-7-14)22(13)19-11-15-8-9-17(24-2)16(23)10-15/h3-11,23H,12H2,1-2H3/b19-11-. The summed E-state index contributed by atoms with van der Waals surface area (Å²) in [6.07, 6.45) is 1.65. The number of benzene rings is 2. The molecule has 25 heavy (non-hydrogen) atoms. The van der Waals surface area contributed by atoms with Crippen LogP contribution in [-0.4, -0.2) is 33.3 Å². The summed E-state index contributed by atoms with van der Waals surface area (Å²) in [6.45, 7) is 1.85. The third-order valence-electron chi connectivity index (χ3n) is 3.50. The van der Waals surface area contributed by atoms with Crippen molar-refractivity contribution in [3.63, 3.8) is 0 Å². The van der Waals surface area contributed by atoms with Crippen LogP contribution in [0.3, 0.4) is 0 Å².